The summed E-state index contributed by atoms with van der Waals surface area (Å²) in [5.41, 5.74) is 2.61. The molecule has 2 aromatic carbocycles. The number of ether oxygens (including phenoxy) is 2. The first-order chi connectivity index (χ1) is 15.9. The van der Waals surface area contributed by atoms with Crippen LogP contribution in [0.4, 0.5) is 0 Å². The standard InChI is InChI=1S/C25H29NO7/c26-13-17-4-3-16(24-23(30)22(29)21(28)20(14-27)33-24)12-18(17)11-15-1-5-19(6-2-15)25(31)7-9-32-10-8-25/h1-6,12,20-24,27-31H,7-11,14H2/t20-,21-,22+,23-,24+/m1/s1. The van der Waals surface area contributed by atoms with Gasteiger partial charge in [0.15, 0.2) is 0 Å². The van der Waals surface area contributed by atoms with E-state index in [4.69, 9.17) is 9.47 Å². The first-order valence-electron chi connectivity index (χ1n) is 11.1. The molecule has 4 rings (SSSR count). The molecule has 2 aliphatic heterocycles. The number of hydrogen-bond acceptors (Lipinski definition) is 8. The molecular formula is C25H29NO7. The summed E-state index contributed by atoms with van der Waals surface area (Å²) in [6.07, 6.45) is -4.71. The number of hydrogen-bond donors (Lipinski definition) is 5. The smallest absolute Gasteiger partial charge is 0.113 e. The Kier molecular flexibility index (Phi) is 7.12. The van der Waals surface area contributed by atoms with Crippen molar-refractivity contribution in [3.05, 3.63) is 70.3 Å². The number of benzene rings is 2. The number of nitriles is 1. The van der Waals surface area contributed by atoms with Gasteiger partial charge < -0.3 is 35.0 Å². The molecule has 176 valence electrons. The van der Waals surface area contributed by atoms with E-state index in [2.05, 4.69) is 6.07 Å². The highest BCUT2D eigenvalue weighted by Gasteiger charge is 2.44. The molecule has 2 saturated heterocycles. The zero-order valence-corrected chi connectivity index (χ0v) is 18.2. The van der Waals surface area contributed by atoms with Crippen LogP contribution in [0.1, 0.15) is 46.8 Å². The largest absolute Gasteiger partial charge is 0.394 e. The summed E-state index contributed by atoms with van der Waals surface area (Å²) in [6, 6.07) is 14.8. The van der Waals surface area contributed by atoms with Gasteiger partial charge in [0.2, 0.25) is 0 Å². The van der Waals surface area contributed by atoms with Gasteiger partial charge in [0.25, 0.3) is 0 Å². The van der Waals surface area contributed by atoms with Crippen molar-refractivity contribution < 1.29 is 35.0 Å². The minimum atomic E-state index is -1.47. The lowest BCUT2D eigenvalue weighted by atomic mass is 9.85. The minimum Gasteiger partial charge on any atom is -0.394 e. The monoisotopic (exact) mass is 455 g/mol. The maximum absolute atomic E-state index is 10.9. The maximum Gasteiger partial charge on any atom is 0.113 e. The zero-order valence-electron chi connectivity index (χ0n) is 18.2. The topological polar surface area (TPSA) is 143 Å². The van der Waals surface area contributed by atoms with E-state index in [-0.39, 0.29) is 0 Å². The molecule has 0 unspecified atom stereocenters. The van der Waals surface area contributed by atoms with E-state index >= 15 is 0 Å². The lowest BCUT2D eigenvalue weighted by Gasteiger charge is -2.40. The second-order valence-corrected chi connectivity index (χ2v) is 8.80. The fraction of sp³-hybridized carbons (Fsp3) is 0.480. The molecule has 0 radical (unpaired) electrons. The van der Waals surface area contributed by atoms with E-state index in [1.165, 1.54) is 0 Å². The lowest BCUT2D eigenvalue weighted by Crippen LogP contribution is -2.55. The van der Waals surface area contributed by atoms with Gasteiger partial charge in [-0.1, -0.05) is 36.4 Å². The summed E-state index contributed by atoms with van der Waals surface area (Å²) in [4.78, 5) is 0. The highest BCUT2D eigenvalue weighted by molar-refractivity contribution is 5.44. The fourth-order valence-corrected chi connectivity index (χ4v) is 4.57. The molecule has 2 fully saturated rings. The molecule has 0 aliphatic carbocycles. The molecule has 2 aromatic rings. The Bertz CT molecular complexity index is 995. The number of aliphatic hydroxyl groups excluding tert-OH is 4. The predicted octanol–water partition coefficient (Wildman–Crippen LogP) is 0.662. The third-order valence-corrected chi connectivity index (χ3v) is 6.68. The van der Waals surface area contributed by atoms with Crippen LogP contribution in [-0.2, 0) is 21.5 Å². The van der Waals surface area contributed by atoms with Crippen molar-refractivity contribution in [1.29, 1.82) is 5.26 Å². The first-order valence-corrected chi connectivity index (χ1v) is 11.1. The van der Waals surface area contributed by atoms with Gasteiger partial charge in [0.1, 0.15) is 30.5 Å². The molecule has 5 N–H and O–H groups in total. The van der Waals surface area contributed by atoms with E-state index in [1.54, 1.807) is 18.2 Å². The van der Waals surface area contributed by atoms with Crippen LogP contribution in [-0.4, -0.2) is 69.8 Å². The second-order valence-electron chi connectivity index (χ2n) is 8.80. The Labute approximate surface area is 192 Å². The average Bonchev–Trinajstić information content (AvgIpc) is 2.84. The highest BCUT2D eigenvalue weighted by atomic mass is 16.5. The quantitative estimate of drug-likeness (QED) is 0.442. The van der Waals surface area contributed by atoms with Crippen LogP contribution in [0.3, 0.4) is 0 Å². The number of aliphatic hydroxyl groups is 5. The molecule has 33 heavy (non-hydrogen) atoms. The van der Waals surface area contributed by atoms with Gasteiger partial charge in [-0.3, -0.25) is 0 Å². The molecule has 2 heterocycles. The fourth-order valence-electron chi connectivity index (χ4n) is 4.57. The SMILES string of the molecule is N#Cc1ccc([C@@H]2O[C@H](CO)[C@@H](O)[C@H](O)[C@H]2O)cc1Cc1ccc(C2(O)CCOCC2)cc1. The Hall–Kier alpha value is -2.35. The van der Waals surface area contributed by atoms with Gasteiger partial charge in [0.05, 0.1) is 23.8 Å². The van der Waals surface area contributed by atoms with Crippen LogP contribution in [0.2, 0.25) is 0 Å². The molecule has 0 bridgehead atoms. The Morgan fingerprint density at radius 3 is 2.30 bits per heavy atom. The van der Waals surface area contributed by atoms with E-state index in [1.807, 2.05) is 24.3 Å². The molecule has 0 saturated carbocycles. The van der Waals surface area contributed by atoms with Crippen molar-refractivity contribution in [3.8, 4) is 6.07 Å². The normalized spacial score (nSPS) is 29.4. The molecule has 0 spiro atoms. The van der Waals surface area contributed by atoms with Crippen LogP contribution in [0.5, 0.6) is 0 Å². The average molecular weight is 456 g/mol. The third kappa shape index (κ3) is 4.81. The van der Waals surface area contributed by atoms with Crippen LogP contribution in [0.25, 0.3) is 0 Å². The molecule has 0 amide bonds. The molecule has 5 atom stereocenters. The molecule has 2 aliphatic rings. The van der Waals surface area contributed by atoms with Crippen molar-refractivity contribution in [1.82, 2.24) is 0 Å². The van der Waals surface area contributed by atoms with Gasteiger partial charge in [-0.05, 0) is 34.7 Å². The first kappa shape index (κ1) is 23.8. The Balaban J connectivity index is 1.57. The van der Waals surface area contributed by atoms with Crippen LogP contribution >= 0.6 is 0 Å². The van der Waals surface area contributed by atoms with Crippen molar-refractivity contribution in [2.45, 2.75) is 55.4 Å². The van der Waals surface area contributed by atoms with Gasteiger partial charge in [-0.2, -0.15) is 5.26 Å². The van der Waals surface area contributed by atoms with E-state index in [0.717, 1.165) is 11.1 Å². The van der Waals surface area contributed by atoms with E-state index < -0.39 is 42.7 Å². The molecule has 8 nitrogen and oxygen atoms in total. The predicted molar refractivity (Wildman–Crippen MR) is 117 cm³/mol. The van der Waals surface area contributed by atoms with Gasteiger partial charge >= 0.3 is 0 Å². The van der Waals surface area contributed by atoms with Crippen LogP contribution in [0.15, 0.2) is 42.5 Å². The summed E-state index contributed by atoms with van der Waals surface area (Å²) in [6.45, 7) is 0.540. The number of nitrogens with zero attached hydrogens (tertiary/aromatic N) is 1. The number of rotatable bonds is 5. The lowest BCUT2D eigenvalue weighted by molar-refractivity contribution is -0.231. The van der Waals surface area contributed by atoms with Crippen LogP contribution in [0, 0.1) is 11.3 Å². The van der Waals surface area contributed by atoms with Crippen molar-refractivity contribution in [2.24, 2.45) is 0 Å². The summed E-state index contributed by atoms with van der Waals surface area (Å²) in [7, 11) is 0. The summed E-state index contributed by atoms with van der Waals surface area (Å²) >= 11 is 0. The Morgan fingerprint density at radius 2 is 1.67 bits per heavy atom. The Morgan fingerprint density at radius 1 is 0.970 bits per heavy atom. The summed E-state index contributed by atoms with van der Waals surface area (Å²) < 4.78 is 11.0. The van der Waals surface area contributed by atoms with Crippen LogP contribution < -0.4 is 0 Å². The summed E-state index contributed by atoms with van der Waals surface area (Å²) in [5, 5.41) is 60.5. The zero-order chi connectivity index (χ0) is 23.6. The van der Waals surface area contributed by atoms with Crippen molar-refractivity contribution >= 4 is 0 Å². The molecule has 0 aromatic heterocycles. The van der Waals surface area contributed by atoms with Gasteiger partial charge in [0, 0.05) is 26.1 Å². The van der Waals surface area contributed by atoms with Gasteiger partial charge in [-0.25, -0.2) is 0 Å². The molecule has 8 heteroatoms. The molecular weight excluding hydrogens is 426 g/mol. The maximum atomic E-state index is 10.9. The van der Waals surface area contributed by atoms with E-state index in [0.29, 0.717) is 49.2 Å². The second kappa shape index (κ2) is 9.87. The van der Waals surface area contributed by atoms with E-state index in [9.17, 15) is 30.8 Å². The summed E-state index contributed by atoms with van der Waals surface area (Å²) in [5.74, 6) is 0. The minimum absolute atomic E-state index is 0.440. The highest BCUT2D eigenvalue weighted by Crippen LogP contribution is 2.34. The third-order valence-electron chi connectivity index (χ3n) is 6.68. The van der Waals surface area contributed by atoms with Crippen molar-refractivity contribution in [2.75, 3.05) is 19.8 Å². The van der Waals surface area contributed by atoms with Gasteiger partial charge in [-0.15, -0.1) is 0 Å². The van der Waals surface area contributed by atoms with Crippen molar-refractivity contribution in [3.63, 3.8) is 0 Å².